The van der Waals surface area contributed by atoms with Gasteiger partial charge in [0.05, 0.1) is 10.1 Å². The van der Waals surface area contributed by atoms with Gasteiger partial charge in [-0.2, -0.15) is 0 Å². The number of allylic oxidation sites excluding steroid dienone is 1. The summed E-state index contributed by atoms with van der Waals surface area (Å²) < 4.78 is 6.03. The van der Waals surface area contributed by atoms with Crippen molar-refractivity contribution in [3.05, 3.63) is 57.9 Å². The predicted octanol–water partition coefficient (Wildman–Crippen LogP) is 4.01. The number of hydrogen-bond acceptors (Lipinski definition) is 3. The number of benzene rings is 1. The van der Waals surface area contributed by atoms with E-state index in [0.717, 1.165) is 29.3 Å². The molecule has 1 heterocycles. The molecule has 0 fully saturated rings. The van der Waals surface area contributed by atoms with Crippen LogP contribution in [0.25, 0.3) is 0 Å². The number of cyclic esters (lactones) is 1. The van der Waals surface area contributed by atoms with E-state index in [2.05, 4.69) is 28.2 Å². The van der Waals surface area contributed by atoms with Gasteiger partial charge in [0.1, 0.15) is 0 Å². The van der Waals surface area contributed by atoms with Gasteiger partial charge in [-0.1, -0.05) is 43.7 Å². The third-order valence-corrected chi connectivity index (χ3v) is 3.96. The minimum absolute atomic E-state index is 0.238. The Morgan fingerprint density at radius 3 is 2.75 bits per heavy atom. The average Bonchev–Trinajstić information content (AvgIpc) is 2.73. The lowest BCUT2D eigenvalue weighted by Crippen LogP contribution is -2.06. The molecule has 1 aromatic rings. The van der Waals surface area contributed by atoms with Crippen LogP contribution in [0.4, 0.5) is 0 Å². The molecule has 2 rings (SSSR count). The van der Waals surface area contributed by atoms with E-state index in [4.69, 9.17) is 4.74 Å². The topological polar surface area (TPSA) is 38.3 Å². The van der Waals surface area contributed by atoms with Crippen molar-refractivity contribution >= 4 is 21.9 Å². The molecular formula is C16H18BrNO2. The lowest BCUT2D eigenvalue weighted by atomic mass is 10.1. The van der Waals surface area contributed by atoms with Gasteiger partial charge in [-0.3, -0.25) is 0 Å². The average molecular weight is 336 g/mol. The Kier molecular flexibility index (Phi) is 5.41. The molecule has 0 radical (unpaired) electrons. The standard InChI is InChI=1S/C16H18BrNO2/c1-2-3-9-13-15(17)14(20-16(13)19)11-18-10-12-7-5-4-6-8-12/h4-8,11,18H,2-3,9-10H2,1H3/b14-11-. The van der Waals surface area contributed by atoms with Gasteiger partial charge in [-0.15, -0.1) is 0 Å². The molecule has 3 nitrogen and oxygen atoms in total. The van der Waals surface area contributed by atoms with Crippen LogP contribution >= 0.6 is 15.9 Å². The Labute approximate surface area is 127 Å². The van der Waals surface area contributed by atoms with Crippen molar-refractivity contribution in [2.24, 2.45) is 0 Å². The summed E-state index contributed by atoms with van der Waals surface area (Å²) in [6.45, 7) is 2.80. The quantitative estimate of drug-likeness (QED) is 0.798. The third-order valence-electron chi connectivity index (χ3n) is 3.09. The lowest BCUT2D eigenvalue weighted by Gasteiger charge is -2.02. The zero-order chi connectivity index (χ0) is 14.4. The zero-order valence-electron chi connectivity index (χ0n) is 11.5. The largest absolute Gasteiger partial charge is 0.420 e. The third kappa shape index (κ3) is 3.73. The summed E-state index contributed by atoms with van der Waals surface area (Å²) >= 11 is 3.45. The highest BCUT2D eigenvalue weighted by Gasteiger charge is 2.27. The molecule has 1 aliphatic heterocycles. The Morgan fingerprint density at radius 1 is 1.30 bits per heavy atom. The predicted molar refractivity (Wildman–Crippen MR) is 82.9 cm³/mol. The summed E-state index contributed by atoms with van der Waals surface area (Å²) in [4.78, 5) is 11.8. The highest BCUT2D eigenvalue weighted by molar-refractivity contribution is 9.12. The number of ether oxygens (including phenoxy) is 1. The van der Waals surface area contributed by atoms with E-state index in [9.17, 15) is 4.79 Å². The van der Waals surface area contributed by atoms with Gasteiger partial charge in [0.2, 0.25) is 0 Å². The summed E-state index contributed by atoms with van der Waals surface area (Å²) in [6, 6.07) is 10.1. The van der Waals surface area contributed by atoms with Gasteiger partial charge >= 0.3 is 5.97 Å². The fraction of sp³-hybridized carbons (Fsp3) is 0.312. The van der Waals surface area contributed by atoms with Crippen LogP contribution in [-0.4, -0.2) is 5.97 Å². The first-order chi connectivity index (χ1) is 9.72. The number of carbonyl (C=O) groups is 1. The van der Waals surface area contributed by atoms with Crippen LogP contribution in [0.15, 0.2) is 52.3 Å². The van der Waals surface area contributed by atoms with Crippen LogP contribution in [0.1, 0.15) is 31.7 Å². The van der Waals surface area contributed by atoms with Gasteiger partial charge in [0, 0.05) is 12.7 Å². The highest BCUT2D eigenvalue weighted by atomic mass is 79.9. The number of esters is 1. The van der Waals surface area contributed by atoms with E-state index in [1.807, 2.05) is 30.3 Å². The van der Waals surface area contributed by atoms with Crippen molar-refractivity contribution in [2.45, 2.75) is 32.7 Å². The van der Waals surface area contributed by atoms with E-state index in [-0.39, 0.29) is 5.97 Å². The smallest absolute Gasteiger partial charge is 0.340 e. The number of rotatable bonds is 6. The summed E-state index contributed by atoms with van der Waals surface area (Å²) in [5, 5.41) is 3.17. The maximum absolute atomic E-state index is 11.8. The molecular weight excluding hydrogens is 318 g/mol. The number of nitrogens with one attached hydrogen (secondary N) is 1. The van der Waals surface area contributed by atoms with Crippen molar-refractivity contribution in [3.63, 3.8) is 0 Å². The molecule has 0 saturated carbocycles. The van der Waals surface area contributed by atoms with E-state index in [1.54, 1.807) is 6.20 Å². The molecule has 0 unspecified atom stereocenters. The molecule has 1 aliphatic rings. The minimum Gasteiger partial charge on any atom is -0.420 e. The normalized spacial score (nSPS) is 16.7. The Hall–Kier alpha value is -1.55. The summed E-state index contributed by atoms with van der Waals surface area (Å²) in [5.74, 6) is 0.329. The van der Waals surface area contributed by atoms with Crippen molar-refractivity contribution in [2.75, 3.05) is 0 Å². The number of hydrogen-bond donors (Lipinski definition) is 1. The van der Waals surface area contributed by atoms with Crippen molar-refractivity contribution in [3.8, 4) is 0 Å². The molecule has 0 aliphatic carbocycles. The Balaban J connectivity index is 1.97. The molecule has 20 heavy (non-hydrogen) atoms. The van der Waals surface area contributed by atoms with Crippen molar-refractivity contribution in [1.29, 1.82) is 0 Å². The van der Waals surface area contributed by atoms with Crippen molar-refractivity contribution < 1.29 is 9.53 Å². The maximum Gasteiger partial charge on any atom is 0.340 e. The van der Waals surface area contributed by atoms with Gasteiger partial charge in [0.15, 0.2) is 5.76 Å². The van der Waals surface area contributed by atoms with E-state index in [1.165, 1.54) is 5.56 Å². The molecule has 0 atom stereocenters. The van der Waals surface area contributed by atoms with E-state index in [0.29, 0.717) is 12.3 Å². The first-order valence-electron chi connectivity index (χ1n) is 6.81. The van der Waals surface area contributed by atoms with E-state index < -0.39 is 0 Å². The number of carbonyl (C=O) groups excluding carboxylic acids is 1. The lowest BCUT2D eigenvalue weighted by molar-refractivity contribution is -0.133. The summed E-state index contributed by atoms with van der Waals surface area (Å²) in [5.41, 5.74) is 1.92. The zero-order valence-corrected chi connectivity index (χ0v) is 13.1. The van der Waals surface area contributed by atoms with Crippen LogP contribution in [-0.2, 0) is 16.1 Å². The molecule has 0 saturated heterocycles. The van der Waals surface area contributed by atoms with Crippen LogP contribution in [0, 0.1) is 0 Å². The minimum atomic E-state index is -0.238. The van der Waals surface area contributed by atoms with Gasteiger partial charge in [-0.25, -0.2) is 4.79 Å². The van der Waals surface area contributed by atoms with Crippen LogP contribution in [0.3, 0.4) is 0 Å². The number of unbranched alkanes of at least 4 members (excludes halogenated alkanes) is 1. The maximum atomic E-state index is 11.8. The fourth-order valence-corrected chi connectivity index (χ4v) is 2.52. The first kappa shape index (κ1) is 14.9. The summed E-state index contributed by atoms with van der Waals surface area (Å²) in [6.07, 6.45) is 4.55. The van der Waals surface area contributed by atoms with E-state index >= 15 is 0 Å². The second-order valence-electron chi connectivity index (χ2n) is 4.66. The summed E-state index contributed by atoms with van der Waals surface area (Å²) in [7, 11) is 0. The van der Waals surface area contributed by atoms with Gasteiger partial charge < -0.3 is 10.1 Å². The molecule has 4 heteroatoms. The van der Waals surface area contributed by atoms with Crippen molar-refractivity contribution in [1.82, 2.24) is 5.32 Å². The molecule has 0 amide bonds. The molecule has 0 spiro atoms. The second kappa shape index (κ2) is 7.29. The molecule has 106 valence electrons. The molecule has 1 aromatic carbocycles. The Bertz CT molecular complexity index is 535. The molecule has 1 N–H and O–H groups in total. The van der Waals surface area contributed by atoms with Crippen LogP contribution < -0.4 is 5.32 Å². The molecule has 0 bridgehead atoms. The molecule has 0 aromatic heterocycles. The second-order valence-corrected chi connectivity index (χ2v) is 5.45. The monoisotopic (exact) mass is 335 g/mol. The van der Waals surface area contributed by atoms with Crippen LogP contribution in [0.5, 0.6) is 0 Å². The first-order valence-corrected chi connectivity index (χ1v) is 7.60. The van der Waals surface area contributed by atoms with Crippen LogP contribution in [0.2, 0.25) is 0 Å². The number of halogens is 1. The Morgan fingerprint density at radius 2 is 2.05 bits per heavy atom. The van der Waals surface area contributed by atoms with Gasteiger partial charge in [0.25, 0.3) is 0 Å². The fourth-order valence-electron chi connectivity index (χ4n) is 1.96. The highest BCUT2D eigenvalue weighted by Crippen LogP contribution is 2.33. The van der Waals surface area contributed by atoms with Gasteiger partial charge in [-0.05, 0) is 34.3 Å². The SMILES string of the molecule is CCCCC1=C(Br)/C(=C/NCc2ccccc2)OC1=O.